The second kappa shape index (κ2) is 5.40. The van der Waals surface area contributed by atoms with Crippen molar-refractivity contribution in [3.05, 3.63) is 30.3 Å². The molecule has 0 atom stereocenters. The van der Waals surface area contributed by atoms with Crippen LogP contribution in [0.5, 0.6) is 0 Å². The van der Waals surface area contributed by atoms with E-state index in [1.807, 2.05) is 30.3 Å². The number of aromatic nitrogens is 4. The highest BCUT2D eigenvalue weighted by Crippen LogP contribution is 2.09. The van der Waals surface area contributed by atoms with Crippen molar-refractivity contribution in [3.8, 4) is 5.69 Å². The maximum Gasteiger partial charge on any atom is 0.247 e. The van der Waals surface area contributed by atoms with E-state index in [1.165, 1.54) is 4.90 Å². The molecular weight excluding hydrogens is 216 g/mol. The van der Waals surface area contributed by atoms with E-state index >= 15 is 0 Å². The van der Waals surface area contributed by atoms with Crippen molar-refractivity contribution in [1.29, 1.82) is 0 Å². The fourth-order valence-electron chi connectivity index (χ4n) is 1.46. The Balaban J connectivity index is 2.07. The average molecular weight is 233 g/mol. The van der Waals surface area contributed by atoms with Gasteiger partial charge in [-0.05, 0) is 22.6 Å². The second-order valence-electron chi connectivity index (χ2n) is 4.13. The third-order valence-electron chi connectivity index (χ3n) is 2.38. The van der Waals surface area contributed by atoms with Gasteiger partial charge in [-0.3, -0.25) is 0 Å². The lowest BCUT2D eigenvalue weighted by Crippen LogP contribution is -3.06. The van der Waals surface area contributed by atoms with E-state index in [0.29, 0.717) is 5.95 Å². The van der Waals surface area contributed by atoms with Gasteiger partial charge in [0.1, 0.15) is 0 Å². The van der Waals surface area contributed by atoms with Crippen LogP contribution in [0.15, 0.2) is 30.3 Å². The summed E-state index contributed by atoms with van der Waals surface area (Å²) in [4.78, 5) is 1.39. The van der Waals surface area contributed by atoms with Crippen molar-refractivity contribution in [3.63, 3.8) is 0 Å². The number of rotatable bonds is 5. The van der Waals surface area contributed by atoms with Gasteiger partial charge in [0, 0.05) is 0 Å². The number of likely N-dealkylation sites (N-methyl/N-ethyl adjacent to an activating group) is 1. The van der Waals surface area contributed by atoms with Crippen LogP contribution in [0.25, 0.3) is 5.69 Å². The van der Waals surface area contributed by atoms with E-state index in [0.717, 1.165) is 18.8 Å². The number of nitrogens with one attached hydrogen (secondary N) is 2. The van der Waals surface area contributed by atoms with Crippen LogP contribution in [0, 0.1) is 0 Å². The first kappa shape index (κ1) is 11.5. The zero-order valence-corrected chi connectivity index (χ0v) is 10.1. The molecular formula is C11H17N6+. The molecule has 0 bridgehead atoms. The van der Waals surface area contributed by atoms with Crippen LogP contribution in [0.3, 0.4) is 0 Å². The Morgan fingerprint density at radius 3 is 2.71 bits per heavy atom. The molecule has 0 amide bonds. The minimum Gasteiger partial charge on any atom is -0.347 e. The van der Waals surface area contributed by atoms with Crippen molar-refractivity contribution >= 4 is 5.95 Å². The van der Waals surface area contributed by atoms with Gasteiger partial charge in [0.2, 0.25) is 5.95 Å². The summed E-state index contributed by atoms with van der Waals surface area (Å²) in [7, 11) is 4.23. The van der Waals surface area contributed by atoms with E-state index < -0.39 is 0 Å². The first-order valence-corrected chi connectivity index (χ1v) is 5.64. The SMILES string of the molecule is C[NH+](C)CCNc1nnnn1-c1ccccc1. The summed E-state index contributed by atoms with van der Waals surface area (Å²) in [5.41, 5.74) is 0.956. The molecule has 1 aromatic carbocycles. The predicted octanol–water partition coefficient (Wildman–Crippen LogP) is -0.781. The van der Waals surface area contributed by atoms with Crippen LogP contribution in [0.1, 0.15) is 0 Å². The highest BCUT2D eigenvalue weighted by Gasteiger charge is 2.07. The normalized spacial score (nSPS) is 10.8. The summed E-state index contributed by atoms with van der Waals surface area (Å²) in [6.07, 6.45) is 0. The molecule has 0 fully saturated rings. The van der Waals surface area contributed by atoms with Crippen LogP contribution in [-0.2, 0) is 0 Å². The van der Waals surface area contributed by atoms with Gasteiger partial charge in [-0.1, -0.05) is 23.3 Å². The number of para-hydroxylation sites is 1. The van der Waals surface area contributed by atoms with E-state index in [4.69, 9.17) is 0 Å². The molecule has 2 rings (SSSR count). The molecule has 0 saturated carbocycles. The predicted molar refractivity (Wildman–Crippen MR) is 65.3 cm³/mol. The standard InChI is InChI=1S/C11H16N6/c1-16(2)9-8-12-11-13-14-15-17(11)10-6-4-3-5-7-10/h3-7H,8-9H2,1-2H3,(H,12,13,15)/p+1. The minimum absolute atomic E-state index is 0.678. The van der Waals surface area contributed by atoms with Crippen LogP contribution in [0.2, 0.25) is 0 Å². The van der Waals surface area contributed by atoms with Gasteiger partial charge >= 0.3 is 0 Å². The lowest BCUT2D eigenvalue weighted by Gasteiger charge is -2.09. The summed E-state index contributed by atoms with van der Waals surface area (Å²) in [5, 5.41) is 14.9. The van der Waals surface area contributed by atoms with Crippen molar-refractivity contribution in [2.75, 3.05) is 32.5 Å². The third-order valence-corrected chi connectivity index (χ3v) is 2.38. The van der Waals surface area contributed by atoms with Crippen molar-refractivity contribution in [2.24, 2.45) is 0 Å². The smallest absolute Gasteiger partial charge is 0.247 e. The first-order valence-electron chi connectivity index (χ1n) is 5.64. The fraction of sp³-hybridized carbons (Fsp3) is 0.364. The topological polar surface area (TPSA) is 60.1 Å². The van der Waals surface area contributed by atoms with E-state index in [9.17, 15) is 0 Å². The van der Waals surface area contributed by atoms with Crippen LogP contribution in [0.4, 0.5) is 5.95 Å². The van der Waals surface area contributed by atoms with E-state index in [2.05, 4.69) is 34.9 Å². The lowest BCUT2D eigenvalue weighted by atomic mass is 10.3. The number of quaternary nitrogens is 1. The monoisotopic (exact) mass is 233 g/mol. The molecule has 0 aliphatic rings. The Kier molecular flexibility index (Phi) is 3.66. The number of anilines is 1. The van der Waals surface area contributed by atoms with Gasteiger partial charge < -0.3 is 10.2 Å². The van der Waals surface area contributed by atoms with Crippen molar-refractivity contribution in [1.82, 2.24) is 20.2 Å². The quantitative estimate of drug-likeness (QED) is 0.711. The molecule has 1 aromatic heterocycles. The minimum atomic E-state index is 0.678. The second-order valence-corrected chi connectivity index (χ2v) is 4.13. The molecule has 0 spiro atoms. The van der Waals surface area contributed by atoms with E-state index in [1.54, 1.807) is 4.68 Å². The van der Waals surface area contributed by atoms with E-state index in [-0.39, 0.29) is 0 Å². The summed E-state index contributed by atoms with van der Waals surface area (Å²) in [6.45, 7) is 1.86. The van der Waals surface area contributed by atoms with Gasteiger partial charge in [0.15, 0.2) is 0 Å². The highest BCUT2D eigenvalue weighted by atomic mass is 15.6. The average Bonchev–Trinajstić information content (AvgIpc) is 2.78. The van der Waals surface area contributed by atoms with Gasteiger partial charge in [-0.15, -0.1) is 0 Å². The maximum absolute atomic E-state index is 3.97. The Labute approximate surface area is 100 Å². The Bertz CT molecular complexity index is 450. The summed E-state index contributed by atoms with van der Waals surface area (Å²) in [5.74, 6) is 0.678. The molecule has 0 saturated heterocycles. The molecule has 6 heteroatoms. The van der Waals surface area contributed by atoms with Crippen LogP contribution >= 0.6 is 0 Å². The lowest BCUT2D eigenvalue weighted by molar-refractivity contribution is -0.856. The number of hydrogen-bond donors (Lipinski definition) is 2. The highest BCUT2D eigenvalue weighted by molar-refractivity contribution is 5.38. The Morgan fingerprint density at radius 2 is 2.00 bits per heavy atom. The summed E-state index contributed by atoms with van der Waals surface area (Å²) < 4.78 is 1.70. The Morgan fingerprint density at radius 1 is 1.24 bits per heavy atom. The number of hydrogen-bond acceptors (Lipinski definition) is 4. The van der Waals surface area contributed by atoms with Gasteiger partial charge in [0.05, 0.1) is 32.9 Å². The molecule has 2 aromatic rings. The van der Waals surface area contributed by atoms with Gasteiger partial charge in [-0.2, -0.15) is 4.68 Å². The molecule has 0 aliphatic carbocycles. The Hall–Kier alpha value is -1.95. The molecule has 1 heterocycles. The maximum atomic E-state index is 3.97. The largest absolute Gasteiger partial charge is 0.347 e. The van der Waals surface area contributed by atoms with Gasteiger partial charge in [-0.25, -0.2) is 0 Å². The number of benzene rings is 1. The first-order chi connectivity index (χ1) is 8.27. The van der Waals surface area contributed by atoms with Gasteiger partial charge in [0.25, 0.3) is 0 Å². The van der Waals surface area contributed by atoms with Crippen LogP contribution < -0.4 is 10.2 Å². The number of nitrogens with zero attached hydrogens (tertiary/aromatic N) is 4. The van der Waals surface area contributed by atoms with Crippen LogP contribution in [-0.4, -0.2) is 47.4 Å². The summed E-state index contributed by atoms with van der Waals surface area (Å²) in [6, 6.07) is 9.84. The molecule has 0 radical (unpaired) electrons. The molecule has 17 heavy (non-hydrogen) atoms. The fourth-order valence-corrected chi connectivity index (χ4v) is 1.46. The summed E-state index contributed by atoms with van der Waals surface area (Å²) >= 11 is 0. The zero-order valence-electron chi connectivity index (χ0n) is 10.1. The molecule has 0 aliphatic heterocycles. The molecule has 0 unspecified atom stereocenters. The van der Waals surface area contributed by atoms with Crippen molar-refractivity contribution < 1.29 is 4.90 Å². The molecule has 2 N–H and O–H groups in total. The zero-order chi connectivity index (χ0) is 12.1. The molecule has 6 nitrogen and oxygen atoms in total. The van der Waals surface area contributed by atoms with Crippen molar-refractivity contribution in [2.45, 2.75) is 0 Å². The third kappa shape index (κ3) is 3.01. The number of tetrazole rings is 1. The molecule has 90 valence electrons.